The zero-order valence-corrected chi connectivity index (χ0v) is 15.0. The van der Waals surface area contributed by atoms with Crippen LogP contribution in [0.1, 0.15) is 15.9 Å². The fraction of sp³-hybridized carbons (Fsp3) is 0.0455. The normalized spacial score (nSPS) is 10.6. The van der Waals surface area contributed by atoms with Crippen molar-refractivity contribution in [3.63, 3.8) is 0 Å². The van der Waals surface area contributed by atoms with Crippen LogP contribution in [0.4, 0.5) is 10.1 Å². The fourth-order valence-corrected chi connectivity index (χ4v) is 2.80. The largest absolute Gasteiger partial charge is 0.416 e. The van der Waals surface area contributed by atoms with Gasteiger partial charge < -0.3 is 9.73 Å². The van der Waals surface area contributed by atoms with Crippen LogP contribution in [-0.2, 0) is 0 Å². The standard InChI is InChI=1S/C22H16FN3O2/c1-14-11-17(13-18(23)12-14)20(27)24-19-9-7-16(8-10-19)22-26-25-21(28-22)15-5-3-2-4-6-15/h2-13H,1H3,(H,24,27). The summed E-state index contributed by atoms with van der Waals surface area (Å²) in [5.74, 6) is 0.0116. The molecular weight excluding hydrogens is 357 g/mol. The number of halogens is 1. The number of carbonyl (C=O) groups excluding carboxylic acids is 1. The van der Waals surface area contributed by atoms with E-state index >= 15 is 0 Å². The molecule has 4 aromatic rings. The van der Waals surface area contributed by atoms with E-state index in [0.29, 0.717) is 23.0 Å². The molecule has 0 radical (unpaired) electrons. The lowest BCUT2D eigenvalue weighted by Gasteiger charge is -2.07. The van der Waals surface area contributed by atoms with Gasteiger partial charge in [0.05, 0.1) is 0 Å². The first-order valence-corrected chi connectivity index (χ1v) is 8.66. The van der Waals surface area contributed by atoms with E-state index in [-0.39, 0.29) is 11.5 Å². The van der Waals surface area contributed by atoms with Gasteiger partial charge in [0.1, 0.15) is 5.82 Å². The van der Waals surface area contributed by atoms with Gasteiger partial charge in [0.25, 0.3) is 5.91 Å². The second-order valence-electron chi connectivity index (χ2n) is 6.33. The highest BCUT2D eigenvalue weighted by molar-refractivity contribution is 6.04. The van der Waals surface area contributed by atoms with Crippen LogP contribution in [0, 0.1) is 12.7 Å². The molecule has 138 valence electrons. The second kappa shape index (κ2) is 7.44. The van der Waals surface area contributed by atoms with Gasteiger partial charge in [-0.2, -0.15) is 0 Å². The van der Waals surface area contributed by atoms with Crippen LogP contribution < -0.4 is 5.32 Å². The Morgan fingerprint density at radius 1 is 0.893 bits per heavy atom. The maximum atomic E-state index is 13.5. The molecule has 28 heavy (non-hydrogen) atoms. The van der Waals surface area contributed by atoms with E-state index < -0.39 is 5.82 Å². The molecule has 0 unspecified atom stereocenters. The lowest BCUT2D eigenvalue weighted by molar-refractivity contribution is 0.102. The highest BCUT2D eigenvalue weighted by Gasteiger charge is 2.12. The summed E-state index contributed by atoms with van der Waals surface area (Å²) >= 11 is 0. The van der Waals surface area contributed by atoms with Crippen LogP contribution in [0.3, 0.4) is 0 Å². The Hall–Kier alpha value is -3.80. The van der Waals surface area contributed by atoms with Gasteiger partial charge in [-0.1, -0.05) is 18.2 Å². The fourth-order valence-electron chi connectivity index (χ4n) is 2.80. The van der Waals surface area contributed by atoms with Crippen LogP contribution in [0.5, 0.6) is 0 Å². The summed E-state index contributed by atoms with van der Waals surface area (Å²) in [7, 11) is 0. The second-order valence-corrected chi connectivity index (χ2v) is 6.33. The van der Waals surface area contributed by atoms with Crippen molar-refractivity contribution in [3.8, 4) is 22.9 Å². The zero-order valence-electron chi connectivity index (χ0n) is 15.0. The number of aromatic nitrogens is 2. The predicted octanol–water partition coefficient (Wildman–Crippen LogP) is 5.10. The van der Waals surface area contributed by atoms with Gasteiger partial charge in [-0.15, -0.1) is 10.2 Å². The average molecular weight is 373 g/mol. The number of rotatable bonds is 4. The Balaban J connectivity index is 1.50. The van der Waals surface area contributed by atoms with E-state index in [9.17, 15) is 9.18 Å². The summed E-state index contributed by atoms with van der Waals surface area (Å²) < 4.78 is 19.2. The topological polar surface area (TPSA) is 68.0 Å². The first-order valence-electron chi connectivity index (χ1n) is 8.66. The zero-order chi connectivity index (χ0) is 19.5. The Morgan fingerprint density at radius 2 is 1.54 bits per heavy atom. The van der Waals surface area contributed by atoms with Gasteiger partial charge >= 0.3 is 0 Å². The Labute approximate surface area is 160 Å². The molecule has 4 rings (SSSR count). The summed E-state index contributed by atoms with van der Waals surface area (Å²) in [6, 6.07) is 20.7. The van der Waals surface area contributed by atoms with E-state index in [2.05, 4.69) is 15.5 Å². The summed E-state index contributed by atoms with van der Waals surface area (Å²) in [6.07, 6.45) is 0. The van der Waals surface area contributed by atoms with Gasteiger partial charge in [0.2, 0.25) is 11.8 Å². The molecule has 1 aromatic heterocycles. The Kier molecular flexibility index (Phi) is 4.68. The van der Waals surface area contributed by atoms with Gasteiger partial charge in [-0.3, -0.25) is 4.79 Å². The van der Waals surface area contributed by atoms with Crippen LogP contribution in [0.15, 0.2) is 77.2 Å². The van der Waals surface area contributed by atoms with Gasteiger partial charge in [-0.25, -0.2) is 4.39 Å². The van der Waals surface area contributed by atoms with Crippen molar-refractivity contribution in [2.24, 2.45) is 0 Å². The number of carbonyl (C=O) groups is 1. The lowest BCUT2D eigenvalue weighted by atomic mass is 10.1. The molecule has 0 saturated heterocycles. The SMILES string of the molecule is Cc1cc(F)cc(C(=O)Nc2ccc(-c3nnc(-c4ccccc4)o3)cc2)c1. The molecule has 0 saturated carbocycles. The van der Waals surface area contributed by atoms with E-state index in [1.165, 1.54) is 12.1 Å². The van der Waals surface area contributed by atoms with E-state index in [0.717, 1.165) is 11.1 Å². The smallest absolute Gasteiger partial charge is 0.255 e. The molecule has 0 aliphatic rings. The van der Waals surface area contributed by atoms with Crippen molar-refractivity contribution in [1.29, 1.82) is 0 Å². The molecule has 1 N–H and O–H groups in total. The third kappa shape index (κ3) is 3.81. The molecule has 3 aromatic carbocycles. The molecule has 0 aliphatic carbocycles. The van der Waals surface area contributed by atoms with E-state index in [1.807, 2.05) is 30.3 Å². The van der Waals surface area contributed by atoms with E-state index in [4.69, 9.17) is 4.42 Å². The summed E-state index contributed by atoms with van der Waals surface area (Å²) in [6.45, 7) is 1.74. The third-order valence-corrected chi connectivity index (χ3v) is 4.14. The molecule has 1 amide bonds. The van der Waals surface area contributed by atoms with Gasteiger partial charge in [0, 0.05) is 22.4 Å². The van der Waals surface area contributed by atoms with Crippen LogP contribution in [-0.4, -0.2) is 16.1 Å². The quantitative estimate of drug-likeness (QED) is 0.540. The van der Waals surface area contributed by atoms with Gasteiger partial charge in [0.15, 0.2) is 0 Å². The summed E-state index contributed by atoms with van der Waals surface area (Å²) in [4.78, 5) is 12.3. The number of hydrogen-bond donors (Lipinski definition) is 1. The Morgan fingerprint density at radius 3 is 2.18 bits per heavy atom. The van der Waals surface area contributed by atoms with E-state index in [1.54, 1.807) is 37.3 Å². The number of amides is 1. The summed E-state index contributed by atoms with van der Waals surface area (Å²) in [5, 5.41) is 10.9. The van der Waals surface area contributed by atoms with Crippen molar-refractivity contribution in [2.75, 3.05) is 5.32 Å². The number of nitrogens with zero attached hydrogens (tertiary/aromatic N) is 2. The highest BCUT2D eigenvalue weighted by Crippen LogP contribution is 2.25. The maximum absolute atomic E-state index is 13.5. The van der Waals surface area contributed by atoms with Crippen molar-refractivity contribution in [2.45, 2.75) is 6.92 Å². The highest BCUT2D eigenvalue weighted by atomic mass is 19.1. The number of hydrogen-bond acceptors (Lipinski definition) is 4. The van der Waals surface area contributed by atoms with Crippen molar-refractivity contribution >= 4 is 11.6 Å². The third-order valence-electron chi connectivity index (χ3n) is 4.14. The molecule has 6 heteroatoms. The number of nitrogens with one attached hydrogen (secondary N) is 1. The number of aryl methyl sites for hydroxylation is 1. The minimum Gasteiger partial charge on any atom is -0.416 e. The molecule has 1 heterocycles. The Bertz CT molecular complexity index is 1100. The van der Waals surface area contributed by atoms with Crippen LogP contribution in [0.2, 0.25) is 0 Å². The monoisotopic (exact) mass is 373 g/mol. The first kappa shape index (κ1) is 17.6. The maximum Gasteiger partial charge on any atom is 0.255 e. The molecular formula is C22H16FN3O2. The van der Waals surface area contributed by atoms with Crippen molar-refractivity contribution in [3.05, 3.63) is 89.7 Å². The molecule has 0 bridgehead atoms. The summed E-state index contributed by atoms with van der Waals surface area (Å²) in [5.41, 5.74) is 3.11. The molecule has 0 aliphatic heterocycles. The lowest BCUT2D eigenvalue weighted by Crippen LogP contribution is -2.12. The van der Waals surface area contributed by atoms with Crippen LogP contribution in [0.25, 0.3) is 22.9 Å². The number of anilines is 1. The van der Waals surface area contributed by atoms with Crippen molar-refractivity contribution < 1.29 is 13.6 Å². The van der Waals surface area contributed by atoms with Crippen LogP contribution >= 0.6 is 0 Å². The molecule has 5 nitrogen and oxygen atoms in total. The molecule has 0 spiro atoms. The van der Waals surface area contributed by atoms with Crippen molar-refractivity contribution in [1.82, 2.24) is 10.2 Å². The predicted molar refractivity (Wildman–Crippen MR) is 104 cm³/mol. The minimum absolute atomic E-state index is 0.269. The number of benzene rings is 3. The molecule has 0 atom stereocenters. The minimum atomic E-state index is -0.439. The average Bonchev–Trinajstić information content (AvgIpc) is 3.19. The first-order chi connectivity index (χ1) is 13.6. The molecule has 0 fully saturated rings. The van der Waals surface area contributed by atoms with Gasteiger partial charge in [-0.05, 0) is 67.1 Å².